The molecule has 96 valence electrons. The van der Waals surface area contributed by atoms with Crippen molar-refractivity contribution in [1.29, 1.82) is 0 Å². The number of rotatable bonds is 1. The highest BCUT2D eigenvalue weighted by Crippen LogP contribution is 2.40. The Kier molecular flexibility index (Phi) is 2.82. The van der Waals surface area contributed by atoms with Gasteiger partial charge >= 0.3 is 0 Å². The highest BCUT2D eigenvalue weighted by atomic mass is 19.1. The predicted molar refractivity (Wildman–Crippen MR) is 68.0 cm³/mol. The molecule has 3 nitrogen and oxygen atoms in total. The molecule has 0 aromatic heterocycles. The van der Waals surface area contributed by atoms with Gasteiger partial charge in [0.2, 0.25) is 5.91 Å². The smallest absolute Gasteiger partial charge is 0.225 e. The molecule has 1 aromatic carbocycles. The molecule has 0 spiro atoms. The number of likely N-dealkylation sites (tertiary alicyclic amines) is 1. The molecule has 1 saturated heterocycles. The van der Waals surface area contributed by atoms with Gasteiger partial charge < -0.3 is 10.2 Å². The molecule has 1 N–H and O–H groups in total. The first-order chi connectivity index (χ1) is 8.63. The van der Waals surface area contributed by atoms with Crippen molar-refractivity contribution in [3.8, 4) is 0 Å². The SMILES string of the molecule is CN1CCC(C2CC(=O)Nc3ccc(F)cc32)C1. The Labute approximate surface area is 106 Å². The predicted octanol–water partition coefficient (Wildman–Crippen LogP) is 2.20. The summed E-state index contributed by atoms with van der Waals surface area (Å²) in [5.74, 6) is 0.450. The van der Waals surface area contributed by atoms with Crippen LogP contribution in [0.4, 0.5) is 10.1 Å². The number of halogens is 1. The van der Waals surface area contributed by atoms with Crippen molar-refractivity contribution in [1.82, 2.24) is 4.90 Å². The van der Waals surface area contributed by atoms with E-state index in [2.05, 4.69) is 17.3 Å². The van der Waals surface area contributed by atoms with Gasteiger partial charge in [-0.25, -0.2) is 4.39 Å². The van der Waals surface area contributed by atoms with Gasteiger partial charge in [-0.05, 0) is 55.6 Å². The largest absolute Gasteiger partial charge is 0.326 e. The first kappa shape index (κ1) is 11.7. The number of fused-ring (bicyclic) bond motifs is 1. The molecule has 2 aliphatic rings. The van der Waals surface area contributed by atoms with E-state index in [0.717, 1.165) is 30.8 Å². The highest BCUT2D eigenvalue weighted by Gasteiger charge is 2.34. The highest BCUT2D eigenvalue weighted by molar-refractivity contribution is 5.94. The zero-order valence-corrected chi connectivity index (χ0v) is 10.4. The van der Waals surface area contributed by atoms with Crippen LogP contribution in [0.25, 0.3) is 0 Å². The maximum atomic E-state index is 13.4. The van der Waals surface area contributed by atoms with Crippen LogP contribution < -0.4 is 5.32 Å². The van der Waals surface area contributed by atoms with Crippen LogP contribution in [0.15, 0.2) is 18.2 Å². The molecule has 0 radical (unpaired) electrons. The average Bonchev–Trinajstić information content (AvgIpc) is 2.75. The van der Waals surface area contributed by atoms with Gasteiger partial charge in [0.25, 0.3) is 0 Å². The lowest BCUT2D eigenvalue weighted by Gasteiger charge is -2.30. The molecule has 2 aliphatic heterocycles. The topological polar surface area (TPSA) is 32.3 Å². The molecule has 3 rings (SSSR count). The van der Waals surface area contributed by atoms with Crippen molar-refractivity contribution in [3.05, 3.63) is 29.6 Å². The third kappa shape index (κ3) is 2.01. The minimum absolute atomic E-state index is 0.0497. The lowest BCUT2D eigenvalue weighted by atomic mass is 9.80. The van der Waals surface area contributed by atoms with Crippen LogP contribution in [-0.4, -0.2) is 30.9 Å². The number of nitrogens with zero attached hydrogens (tertiary/aromatic N) is 1. The van der Waals surface area contributed by atoms with E-state index in [0.29, 0.717) is 12.3 Å². The van der Waals surface area contributed by atoms with E-state index in [1.54, 1.807) is 12.1 Å². The molecule has 0 aliphatic carbocycles. The van der Waals surface area contributed by atoms with E-state index in [1.807, 2.05) is 0 Å². The third-order valence-corrected chi connectivity index (χ3v) is 4.09. The first-order valence-corrected chi connectivity index (χ1v) is 6.41. The van der Waals surface area contributed by atoms with Gasteiger partial charge in [0.15, 0.2) is 0 Å². The van der Waals surface area contributed by atoms with Gasteiger partial charge in [-0.3, -0.25) is 4.79 Å². The van der Waals surface area contributed by atoms with Gasteiger partial charge in [0.1, 0.15) is 5.82 Å². The standard InChI is InChI=1S/C14H17FN2O/c1-17-5-4-9(8-17)11-7-14(18)16-13-3-2-10(15)6-12(11)13/h2-3,6,9,11H,4-5,7-8H2,1H3,(H,16,18). The van der Waals surface area contributed by atoms with E-state index >= 15 is 0 Å². The molecule has 0 saturated carbocycles. The normalized spacial score (nSPS) is 28.0. The van der Waals surface area contributed by atoms with Crippen LogP contribution in [0.1, 0.15) is 24.3 Å². The van der Waals surface area contributed by atoms with Crippen molar-refractivity contribution in [3.63, 3.8) is 0 Å². The first-order valence-electron chi connectivity index (χ1n) is 6.41. The summed E-state index contributed by atoms with van der Waals surface area (Å²) >= 11 is 0. The van der Waals surface area contributed by atoms with Crippen molar-refractivity contribution in [2.75, 3.05) is 25.5 Å². The van der Waals surface area contributed by atoms with E-state index in [-0.39, 0.29) is 17.6 Å². The van der Waals surface area contributed by atoms with Crippen molar-refractivity contribution >= 4 is 11.6 Å². The molecule has 18 heavy (non-hydrogen) atoms. The molecule has 0 bridgehead atoms. The summed E-state index contributed by atoms with van der Waals surface area (Å²) in [6, 6.07) is 4.66. The van der Waals surface area contributed by atoms with Crippen LogP contribution in [-0.2, 0) is 4.79 Å². The summed E-state index contributed by atoms with van der Waals surface area (Å²) in [5.41, 5.74) is 1.75. The number of amides is 1. The van der Waals surface area contributed by atoms with E-state index in [4.69, 9.17) is 0 Å². The molecular weight excluding hydrogens is 231 g/mol. The van der Waals surface area contributed by atoms with Crippen LogP contribution >= 0.6 is 0 Å². The van der Waals surface area contributed by atoms with Crippen molar-refractivity contribution < 1.29 is 9.18 Å². The van der Waals surface area contributed by atoms with Crippen LogP contribution in [0.2, 0.25) is 0 Å². The van der Waals surface area contributed by atoms with E-state index in [1.165, 1.54) is 6.07 Å². The maximum Gasteiger partial charge on any atom is 0.225 e. The molecule has 2 atom stereocenters. The molecule has 4 heteroatoms. The van der Waals surface area contributed by atoms with Crippen LogP contribution in [0, 0.1) is 11.7 Å². The number of nitrogens with one attached hydrogen (secondary N) is 1. The Morgan fingerprint density at radius 2 is 2.28 bits per heavy atom. The summed E-state index contributed by atoms with van der Waals surface area (Å²) in [6.07, 6.45) is 1.57. The Morgan fingerprint density at radius 3 is 3.00 bits per heavy atom. The number of anilines is 1. The zero-order chi connectivity index (χ0) is 12.7. The summed E-state index contributed by atoms with van der Waals surface area (Å²) in [7, 11) is 2.09. The monoisotopic (exact) mass is 248 g/mol. The molecule has 2 heterocycles. The van der Waals surface area contributed by atoms with Gasteiger partial charge in [0.05, 0.1) is 0 Å². The number of hydrogen-bond donors (Lipinski definition) is 1. The fraction of sp³-hybridized carbons (Fsp3) is 0.500. The summed E-state index contributed by atoms with van der Waals surface area (Å²) in [4.78, 5) is 14.0. The zero-order valence-electron chi connectivity index (χ0n) is 10.4. The van der Waals surface area contributed by atoms with Crippen LogP contribution in [0.3, 0.4) is 0 Å². The van der Waals surface area contributed by atoms with Crippen LogP contribution in [0.5, 0.6) is 0 Å². The number of hydrogen-bond acceptors (Lipinski definition) is 2. The quantitative estimate of drug-likeness (QED) is 0.826. The number of carbonyl (C=O) groups excluding carboxylic acids is 1. The van der Waals surface area contributed by atoms with Gasteiger partial charge in [-0.2, -0.15) is 0 Å². The van der Waals surface area contributed by atoms with Gasteiger partial charge in [0, 0.05) is 18.7 Å². The second-order valence-electron chi connectivity index (χ2n) is 5.40. The van der Waals surface area contributed by atoms with Crippen molar-refractivity contribution in [2.45, 2.75) is 18.8 Å². The minimum Gasteiger partial charge on any atom is -0.326 e. The minimum atomic E-state index is -0.221. The van der Waals surface area contributed by atoms with E-state index in [9.17, 15) is 9.18 Å². The number of benzene rings is 1. The lowest BCUT2D eigenvalue weighted by molar-refractivity contribution is -0.117. The lowest BCUT2D eigenvalue weighted by Crippen LogP contribution is -2.28. The maximum absolute atomic E-state index is 13.4. The summed E-state index contributed by atoms with van der Waals surface area (Å²) < 4.78 is 13.4. The molecule has 1 aromatic rings. The molecule has 1 fully saturated rings. The Morgan fingerprint density at radius 1 is 1.44 bits per heavy atom. The Hall–Kier alpha value is -1.42. The molecular formula is C14H17FN2O. The molecule has 2 unspecified atom stereocenters. The number of carbonyl (C=O) groups is 1. The van der Waals surface area contributed by atoms with E-state index < -0.39 is 0 Å². The molecule has 1 amide bonds. The Balaban J connectivity index is 1.96. The fourth-order valence-corrected chi connectivity index (χ4v) is 3.18. The average molecular weight is 248 g/mol. The summed E-state index contributed by atoms with van der Waals surface area (Å²) in [6.45, 7) is 2.06. The third-order valence-electron chi connectivity index (χ3n) is 4.09. The fourth-order valence-electron chi connectivity index (χ4n) is 3.18. The van der Waals surface area contributed by atoms with Crippen molar-refractivity contribution in [2.24, 2.45) is 5.92 Å². The van der Waals surface area contributed by atoms with Gasteiger partial charge in [-0.15, -0.1) is 0 Å². The summed E-state index contributed by atoms with van der Waals surface area (Å²) in [5, 5.41) is 2.83. The second kappa shape index (κ2) is 4.35. The second-order valence-corrected chi connectivity index (χ2v) is 5.40. The van der Waals surface area contributed by atoms with Gasteiger partial charge in [-0.1, -0.05) is 0 Å². The Bertz CT molecular complexity index is 489.